The number of carbonyl (C=O) groups is 1. The first kappa shape index (κ1) is 91.7. The van der Waals surface area contributed by atoms with Gasteiger partial charge in [-0.05, 0) is 83.5 Å². The Hall–Kier alpha value is -3.35. The molecule has 9 N–H and O–H groups in total. The van der Waals surface area contributed by atoms with Crippen LogP contribution in [0.15, 0.2) is 109 Å². The number of aliphatic hydroxyl groups excluding tert-OH is 8. The lowest BCUT2D eigenvalue weighted by molar-refractivity contribution is -0.359. The Morgan fingerprint density at radius 2 is 0.697 bits per heavy atom. The highest BCUT2D eigenvalue weighted by Gasteiger charge is 2.51. The predicted molar refractivity (Wildman–Crippen MR) is 410 cm³/mol. The number of allylic oxidation sites excluding steroid dienone is 18. The molecule has 14 heteroatoms. The standard InChI is InChI=1S/C85H149NO13/c1-3-5-7-9-11-13-15-17-19-21-23-25-27-29-30-31-32-33-34-35-36-37-38-39-40-41-42-43-44-45-47-49-51-53-55-57-59-61-63-65-67-69-77(90)86-73(72-96-84-82(95)80(93)83(76(71-88)98-84)99-85-81(94)79(92)78(91)75(70-87)97-85)74(89)68-66-64-62-60-58-56-54-52-50-48-46-28-26-24-22-20-18-16-14-12-10-8-6-4-2/h5,7,11,13,17,19,23,25,29-30,32-33,35-36,38-39,41-42,73-76,78-85,87-89,91-95H,3-4,6,8-10,12,14-16,18,20-22,24,26-28,31,34,37,40,43-72H2,1-2H3,(H,86,90)/b7-5-,13-11-,19-17-,25-23-,30-29-,33-32-,36-35-,39-38-,42-41-. The lowest BCUT2D eigenvalue weighted by atomic mass is 9.97. The molecule has 2 fully saturated rings. The van der Waals surface area contributed by atoms with Crippen LogP contribution in [0.5, 0.6) is 0 Å². The molecule has 0 radical (unpaired) electrons. The topological polar surface area (TPSA) is 228 Å². The number of unbranched alkanes of at least 4 members (excludes halogenated alkanes) is 36. The first-order valence-corrected chi connectivity index (χ1v) is 40.6. The zero-order valence-electron chi connectivity index (χ0n) is 62.7. The molecule has 99 heavy (non-hydrogen) atoms. The van der Waals surface area contributed by atoms with Gasteiger partial charge in [0.15, 0.2) is 12.6 Å². The monoisotopic (exact) mass is 1390 g/mol. The number of nitrogens with one attached hydrogen (secondary N) is 1. The first-order valence-electron chi connectivity index (χ1n) is 40.6. The summed E-state index contributed by atoms with van der Waals surface area (Å²) < 4.78 is 23.0. The van der Waals surface area contributed by atoms with E-state index in [0.29, 0.717) is 12.8 Å². The molecular formula is C85H149NO13. The van der Waals surface area contributed by atoms with Crippen molar-refractivity contribution in [3.8, 4) is 0 Å². The summed E-state index contributed by atoms with van der Waals surface area (Å²) in [4.78, 5) is 13.4. The third kappa shape index (κ3) is 50.7. The Kier molecular flexibility index (Phi) is 62.8. The molecule has 12 unspecified atom stereocenters. The molecule has 0 spiro atoms. The summed E-state index contributed by atoms with van der Waals surface area (Å²) in [5.74, 6) is -0.207. The summed E-state index contributed by atoms with van der Waals surface area (Å²) in [5.41, 5.74) is 0. The molecule has 2 heterocycles. The van der Waals surface area contributed by atoms with Crippen LogP contribution >= 0.6 is 0 Å². The number of amides is 1. The van der Waals surface area contributed by atoms with Crippen molar-refractivity contribution in [1.29, 1.82) is 0 Å². The third-order valence-electron chi connectivity index (χ3n) is 19.3. The Balaban J connectivity index is 1.59. The molecule has 0 aliphatic carbocycles. The Morgan fingerprint density at radius 1 is 0.374 bits per heavy atom. The Labute approximate surface area is 604 Å². The van der Waals surface area contributed by atoms with Crippen molar-refractivity contribution in [3.63, 3.8) is 0 Å². The fraction of sp³-hybridized carbons (Fsp3) is 0.776. The van der Waals surface area contributed by atoms with Crippen LogP contribution in [0.3, 0.4) is 0 Å². The van der Waals surface area contributed by atoms with Crippen LogP contribution in [0.25, 0.3) is 0 Å². The summed E-state index contributed by atoms with van der Waals surface area (Å²) in [7, 11) is 0. The van der Waals surface area contributed by atoms with E-state index in [9.17, 15) is 45.6 Å². The van der Waals surface area contributed by atoms with Gasteiger partial charge in [0.1, 0.15) is 48.8 Å². The number of aliphatic hydroxyl groups is 8. The smallest absolute Gasteiger partial charge is 0.220 e. The van der Waals surface area contributed by atoms with Crippen LogP contribution in [0, 0.1) is 0 Å². The maximum absolute atomic E-state index is 13.4. The van der Waals surface area contributed by atoms with E-state index in [1.165, 1.54) is 186 Å². The van der Waals surface area contributed by atoms with Crippen molar-refractivity contribution in [2.24, 2.45) is 0 Å². The molecule has 2 saturated heterocycles. The fourth-order valence-corrected chi connectivity index (χ4v) is 12.9. The van der Waals surface area contributed by atoms with Crippen LogP contribution in [0.1, 0.15) is 328 Å². The Bertz CT molecular complexity index is 2080. The first-order chi connectivity index (χ1) is 48.6. The van der Waals surface area contributed by atoms with Crippen LogP contribution < -0.4 is 5.32 Å². The second-order valence-corrected chi connectivity index (χ2v) is 28.2. The molecule has 0 aromatic heterocycles. The molecule has 12 atom stereocenters. The van der Waals surface area contributed by atoms with Crippen LogP contribution in [0.2, 0.25) is 0 Å². The minimum absolute atomic E-state index is 0.207. The maximum Gasteiger partial charge on any atom is 0.220 e. The van der Waals surface area contributed by atoms with E-state index in [4.69, 9.17) is 18.9 Å². The maximum atomic E-state index is 13.4. The van der Waals surface area contributed by atoms with Crippen LogP contribution in [-0.4, -0.2) is 140 Å². The molecule has 0 bridgehead atoms. The number of rotatable bonds is 67. The zero-order chi connectivity index (χ0) is 71.5. The van der Waals surface area contributed by atoms with Crippen molar-refractivity contribution in [3.05, 3.63) is 109 Å². The van der Waals surface area contributed by atoms with Crippen molar-refractivity contribution >= 4 is 5.91 Å². The highest BCUT2D eigenvalue weighted by atomic mass is 16.7. The molecule has 0 aromatic rings. The van der Waals surface area contributed by atoms with E-state index in [1.807, 2.05) is 0 Å². The summed E-state index contributed by atoms with van der Waals surface area (Å²) in [6, 6.07) is -0.837. The highest BCUT2D eigenvalue weighted by Crippen LogP contribution is 2.30. The van der Waals surface area contributed by atoms with Gasteiger partial charge in [-0.3, -0.25) is 4.79 Å². The van der Waals surface area contributed by atoms with Crippen molar-refractivity contribution in [2.45, 2.75) is 402 Å². The molecule has 14 nitrogen and oxygen atoms in total. The lowest BCUT2D eigenvalue weighted by Gasteiger charge is -2.46. The molecule has 572 valence electrons. The van der Waals surface area contributed by atoms with E-state index in [2.05, 4.69) is 129 Å². The van der Waals surface area contributed by atoms with Gasteiger partial charge in [-0.1, -0.05) is 348 Å². The normalized spacial score (nSPS) is 22.5. The van der Waals surface area contributed by atoms with E-state index in [0.717, 1.165) is 116 Å². The average Bonchev–Trinajstić information content (AvgIpc) is 0.799. The van der Waals surface area contributed by atoms with Gasteiger partial charge < -0.3 is 65.1 Å². The molecule has 2 aliphatic rings. The molecule has 2 aliphatic heterocycles. The minimum Gasteiger partial charge on any atom is -0.394 e. The van der Waals surface area contributed by atoms with E-state index >= 15 is 0 Å². The van der Waals surface area contributed by atoms with E-state index in [1.54, 1.807) is 0 Å². The summed E-state index contributed by atoms with van der Waals surface area (Å²) in [6.45, 7) is 2.79. The van der Waals surface area contributed by atoms with Gasteiger partial charge in [-0.15, -0.1) is 0 Å². The SMILES string of the molecule is CC/C=C\C/C=C\C/C=C\C/C=C\C/C=C\C/C=C\C/C=C\C/C=C\C/C=C\CCCCCCCCCCCCCCCC(=O)NC(COC1OC(CO)C(OC2OC(CO)C(O)C(O)C2O)C(O)C1O)C(O)CCCCCCCCCCCCCCCCCCCCCCCCCC. The third-order valence-corrected chi connectivity index (χ3v) is 19.3. The largest absolute Gasteiger partial charge is 0.394 e. The summed E-state index contributed by atoms with van der Waals surface area (Å²) in [5, 5.41) is 87.9. The predicted octanol–water partition coefficient (Wildman–Crippen LogP) is 18.6. The van der Waals surface area contributed by atoms with Gasteiger partial charge in [0, 0.05) is 6.42 Å². The molecule has 0 aromatic carbocycles. The second-order valence-electron chi connectivity index (χ2n) is 28.2. The average molecular weight is 1390 g/mol. The van der Waals surface area contributed by atoms with E-state index < -0.39 is 86.8 Å². The highest BCUT2D eigenvalue weighted by molar-refractivity contribution is 5.76. The lowest BCUT2D eigenvalue weighted by Crippen LogP contribution is -2.65. The van der Waals surface area contributed by atoms with Gasteiger partial charge in [-0.2, -0.15) is 0 Å². The van der Waals surface area contributed by atoms with Crippen molar-refractivity contribution < 1.29 is 64.6 Å². The van der Waals surface area contributed by atoms with Gasteiger partial charge in [0.05, 0.1) is 32.0 Å². The van der Waals surface area contributed by atoms with Crippen LogP contribution in [0.4, 0.5) is 0 Å². The number of carbonyl (C=O) groups excluding carboxylic acids is 1. The Morgan fingerprint density at radius 3 is 1.07 bits per heavy atom. The quantitative estimate of drug-likeness (QED) is 0.0204. The summed E-state index contributed by atoms with van der Waals surface area (Å²) in [6.07, 6.45) is 81.2. The van der Waals surface area contributed by atoms with E-state index in [-0.39, 0.29) is 12.5 Å². The zero-order valence-corrected chi connectivity index (χ0v) is 62.7. The van der Waals surface area contributed by atoms with Crippen LogP contribution in [-0.2, 0) is 23.7 Å². The van der Waals surface area contributed by atoms with Crippen molar-refractivity contribution in [1.82, 2.24) is 5.32 Å². The van der Waals surface area contributed by atoms with Gasteiger partial charge >= 0.3 is 0 Å². The van der Waals surface area contributed by atoms with Gasteiger partial charge in [-0.25, -0.2) is 0 Å². The molecule has 2 rings (SSSR count). The molecule has 1 amide bonds. The van der Waals surface area contributed by atoms with Gasteiger partial charge in [0.2, 0.25) is 5.91 Å². The van der Waals surface area contributed by atoms with Gasteiger partial charge in [0.25, 0.3) is 0 Å². The molecular weight excluding hydrogens is 1240 g/mol. The minimum atomic E-state index is -1.79. The number of hydrogen-bond donors (Lipinski definition) is 9. The summed E-state index contributed by atoms with van der Waals surface area (Å²) >= 11 is 0. The van der Waals surface area contributed by atoms with Crippen molar-refractivity contribution in [2.75, 3.05) is 19.8 Å². The number of hydrogen-bond acceptors (Lipinski definition) is 13. The molecule has 0 saturated carbocycles. The number of ether oxygens (including phenoxy) is 4. The second kappa shape index (κ2) is 67.8. The fourth-order valence-electron chi connectivity index (χ4n) is 12.9.